The molecule has 1 aliphatic carbocycles. The molecule has 3 aromatic rings. The molecule has 2 unspecified atom stereocenters. The first-order valence-electron chi connectivity index (χ1n) is 8.85. The molecular weight excluding hydrogens is 315 g/mol. The number of hydrogen-bond donors (Lipinski definition) is 0. The Labute approximate surface area is 146 Å². The molecule has 1 fully saturated rings. The summed E-state index contributed by atoms with van der Waals surface area (Å²) in [4.78, 5) is 12.9. The van der Waals surface area contributed by atoms with Crippen molar-refractivity contribution in [2.75, 3.05) is 0 Å². The van der Waals surface area contributed by atoms with Crippen molar-refractivity contribution in [3.63, 3.8) is 0 Å². The number of rotatable bonds is 7. The van der Waals surface area contributed by atoms with Gasteiger partial charge in [0.1, 0.15) is 12.1 Å². The van der Waals surface area contributed by atoms with Gasteiger partial charge >= 0.3 is 0 Å². The second-order valence-electron chi connectivity index (χ2n) is 6.72. The van der Waals surface area contributed by atoms with Crippen LogP contribution in [0.3, 0.4) is 0 Å². The molecule has 0 N–H and O–H groups in total. The van der Waals surface area contributed by atoms with E-state index in [9.17, 15) is 4.39 Å². The van der Waals surface area contributed by atoms with E-state index in [-0.39, 0.29) is 5.82 Å². The molecule has 0 spiro atoms. The fourth-order valence-electron chi connectivity index (χ4n) is 3.45. The number of hydrogen-bond acceptors (Lipinski definition) is 3. The quantitative estimate of drug-likeness (QED) is 0.604. The van der Waals surface area contributed by atoms with Crippen molar-refractivity contribution >= 4 is 0 Å². The molecule has 1 aliphatic rings. The summed E-state index contributed by atoms with van der Waals surface area (Å²) in [6.07, 6.45) is 12.7. The first-order chi connectivity index (χ1) is 12.3. The van der Waals surface area contributed by atoms with E-state index in [2.05, 4.69) is 15.0 Å². The van der Waals surface area contributed by atoms with Gasteiger partial charge in [0.2, 0.25) is 5.95 Å². The van der Waals surface area contributed by atoms with Crippen LogP contribution in [0.2, 0.25) is 0 Å². The van der Waals surface area contributed by atoms with Crippen LogP contribution in [-0.2, 0) is 6.42 Å². The maximum Gasteiger partial charge on any atom is 0.235 e. The Kier molecular flexibility index (Phi) is 4.55. The number of benzene rings is 1. The lowest BCUT2D eigenvalue weighted by atomic mass is 10.0. The van der Waals surface area contributed by atoms with Crippen molar-refractivity contribution in [1.29, 1.82) is 0 Å². The minimum absolute atomic E-state index is 0.124. The minimum Gasteiger partial charge on any atom is -0.274 e. The Bertz CT molecular complexity index is 831. The van der Waals surface area contributed by atoms with Gasteiger partial charge in [0.15, 0.2) is 0 Å². The minimum atomic E-state index is -0.124. The van der Waals surface area contributed by atoms with Gasteiger partial charge in [-0.15, -0.1) is 0 Å². The van der Waals surface area contributed by atoms with Crippen LogP contribution in [0.5, 0.6) is 0 Å². The molecule has 1 saturated carbocycles. The van der Waals surface area contributed by atoms with Crippen molar-refractivity contribution in [2.24, 2.45) is 5.92 Å². The molecule has 4 nitrogen and oxygen atoms in total. The van der Waals surface area contributed by atoms with Crippen molar-refractivity contribution in [1.82, 2.24) is 19.5 Å². The lowest BCUT2D eigenvalue weighted by molar-refractivity contribution is 0.607. The van der Waals surface area contributed by atoms with Gasteiger partial charge in [-0.3, -0.25) is 4.57 Å². The molecule has 4 rings (SSSR count). The number of imidazole rings is 1. The number of aryl methyl sites for hydroxylation is 1. The van der Waals surface area contributed by atoms with Crippen molar-refractivity contribution in [3.05, 3.63) is 72.3 Å². The van der Waals surface area contributed by atoms with Crippen LogP contribution in [0.25, 0.3) is 5.95 Å². The molecule has 2 aromatic heterocycles. The van der Waals surface area contributed by atoms with E-state index in [1.54, 1.807) is 24.8 Å². The molecule has 0 amide bonds. The lowest BCUT2D eigenvalue weighted by Gasteiger charge is -2.04. The van der Waals surface area contributed by atoms with E-state index in [0.29, 0.717) is 17.8 Å². The van der Waals surface area contributed by atoms with Gasteiger partial charge in [0.25, 0.3) is 0 Å². The van der Waals surface area contributed by atoms with E-state index in [1.807, 2.05) is 29.0 Å². The van der Waals surface area contributed by atoms with Crippen molar-refractivity contribution < 1.29 is 4.39 Å². The molecule has 0 aliphatic heterocycles. The molecule has 25 heavy (non-hydrogen) atoms. The van der Waals surface area contributed by atoms with Crippen LogP contribution in [0.4, 0.5) is 4.39 Å². The number of halogens is 1. The topological polar surface area (TPSA) is 43.6 Å². The zero-order chi connectivity index (χ0) is 17.1. The summed E-state index contributed by atoms with van der Waals surface area (Å²) in [6, 6.07) is 9.04. The fraction of sp³-hybridized carbons (Fsp3) is 0.350. The maximum atomic E-state index is 13.3. The van der Waals surface area contributed by atoms with Gasteiger partial charge in [-0.25, -0.2) is 19.3 Å². The Morgan fingerprint density at radius 3 is 2.96 bits per heavy atom. The highest BCUT2D eigenvalue weighted by Crippen LogP contribution is 2.50. The summed E-state index contributed by atoms with van der Waals surface area (Å²) in [5.74, 6) is 1.82. The Balaban J connectivity index is 1.24. The lowest BCUT2D eigenvalue weighted by Crippen LogP contribution is -2.01. The first-order valence-corrected chi connectivity index (χ1v) is 8.85. The second-order valence-corrected chi connectivity index (χ2v) is 6.72. The smallest absolute Gasteiger partial charge is 0.235 e. The van der Waals surface area contributed by atoms with Crippen LogP contribution in [0, 0.1) is 11.7 Å². The summed E-state index contributed by atoms with van der Waals surface area (Å²) in [6.45, 7) is 0. The monoisotopic (exact) mass is 336 g/mol. The van der Waals surface area contributed by atoms with Crippen LogP contribution >= 0.6 is 0 Å². The van der Waals surface area contributed by atoms with Gasteiger partial charge in [-0.1, -0.05) is 18.6 Å². The summed E-state index contributed by atoms with van der Waals surface area (Å²) in [5, 5.41) is 0. The normalized spacial score (nSPS) is 19.1. The van der Waals surface area contributed by atoms with Crippen LogP contribution in [0.15, 0.2) is 55.2 Å². The van der Waals surface area contributed by atoms with Crippen molar-refractivity contribution in [2.45, 2.75) is 38.0 Å². The predicted octanol–water partition coefficient (Wildman–Crippen LogP) is 4.32. The number of aromatic nitrogens is 4. The molecule has 128 valence electrons. The molecule has 0 saturated heterocycles. The zero-order valence-electron chi connectivity index (χ0n) is 14.1. The van der Waals surface area contributed by atoms with E-state index >= 15 is 0 Å². The largest absolute Gasteiger partial charge is 0.274 e. The van der Waals surface area contributed by atoms with Gasteiger partial charge in [0, 0.05) is 24.3 Å². The van der Waals surface area contributed by atoms with Crippen molar-refractivity contribution in [3.8, 4) is 5.95 Å². The van der Waals surface area contributed by atoms with Crippen LogP contribution in [0.1, 0.15) is 42.9 Å². The van der Waals surface area contributed by atoms with Crippen LogP contribution < -0.4 is 0 Å². The van der Waals surface area contributed by atoms with E-state index in [0.717, 1.165) is 24.1 Å². The second kappa shape index (κ2) is 7.13. The maximum absolute atomic E-state index is 13.3. The summed E-state index contributed by atoms with van der Waals surface area (Å²) < 4.78 is 15.1. The van der Waals surface area contributed by atoms with Crippen LogP contribution in [-0.4, -0.2) is 19.5 Å². The third-order valence-corrected chi connectivity index (χ3v) is 4.89. The average molecular weight is 336 g/mol. The summed E-state index contributed by atoms with van der Waals surface area (Å²) >= 11 is 0. The van der Waals surface area contributed by atoms with E-state index < -0.39 is 0 Å². The highest BCUT2D eigenvalue weighted by atomic mass is 19.1. The molecule has 5 heteroatoms. The highest BCUT2D eigenvalue weighted by molar-refractivity contribution is 5.26. The zero-order valence-corrected chi connectivity index (χ0v) is 14.1. The molecule has 2 atom stereocenters. The molecule has 0 radical (unpaired) electrons. The molecule has 2 heterocycles. The SMILES string of the molecule is Fc1cccc(C2CC2CCCCc2ccnc(-n3ccnc3)n2)c1. The third kappa shape index (κ3) is 3.92. The fourth-order valence-corrected chi connectivity index (χ4v) is 3.45. The molecule has 1 aromatic carbocycles. The van der Waals surface area contributed by atoms with E-state index in [4.69, 9.17) is 0 Å². The van der Waals surface area contributed by atoms with E-state index in [1.165, 1.54) is 25.3 Å². The molecular formula is C20H21FN4. The Hall–Kier alpha value is -2.56. The van der Waals surface area contributed by atoms with Gasteiger partial charge < -0.3 is 0 Å². The van der Waals surface area contributed by atoms with Gasteiger partial charge in [-0.2, -0.15) is 0 Å². The standard InChI is InChI=1S/C20H21FN4/c21-17-6-3-5-15(12-17)19-13-16(19)4-1-2-7-18-8-9-23-20(24-18)25-11-10-22-14-25/h3,5-6,8-12,14,16,19H,1-2,4,7,13H2. The predicted molar refractivity (Wildman–Crippen MR) is 94.0 cm³/mol. The third-order valence-electron chi connectivity index (χ3n) is 4.89. The summed E-state index contributed by atoms with van der Waals surface area (Å²) in [5.41, 5.74) is 2.22. The Morgan fingerprint density at radius 1 is 1.16 bits per heavy atom. The first kappa shape index (κ1) is 15.9. The van der Waals surface area contributed by atoms with Gasteiger partial charge in [-0.05, 0) is 61.3 Å². The Morgan fingerprint density at radius 2 is 2.12 bits per heavy atom. The number of nitrogens with zero attached hydrogens (tertiary/aromatic N) is 4. The molecule has 0 bridgehead atoms. The highest BCUT2D eigenvalue weighted by Gasteiger charge is 2.37. The summed E-state index contributed by atoms with van der Waals surface area (Å²) in [7, 11) is 0. The van der Waals surface area contributed by atoms with Gasteiger partial charge in [0.05, 0.1) is 0 Å². The number of unbranched alkanes of at least 4 members (excludes halogenated alkanes) is 1. The average Bonchev–Trinajstić information content (AvgIpc) is 3.19.